The molecular weight excluding hydrogens is 496 g/mol. The molecule has 0 saturated carbocycles. The Bertz CT molecular complexity index is 1240. The number of rotatable bonds is 9. The first-order valence-electron chi connectivity index (χ1n) is 9.86. The molecule has 4 rings (SSSR count). The number of alkyl halides is 1. The quantitative estimate of drug-likeness (QED) is 0.181. The van der Waals surface area contributed by atoms with Crippen LogP contribution in [0.25, 0.3) is 11.0 Å². The lowest BCUT2D eigenvalue weighted by molar-refractivity contribution is 0.0995. The van der Waals surface area contributed by atoms with Crippen LogP contribution in [0.1, 0.15) is 21.7 Å². The van der Waals surface area contributed by atoms with Crippen LogP contribution in [0.3, 0.4) is 0 Å². The number of hydrogen-bond donors (Lipinski definition) is 0. The second kappa shape index (κ2) is 10.1. The molecule has 0 N–H and O–H groups in total. The van der Waals surface area contributed by atoms with Gasteiger partial charge in [0.2, 0.25) is 5.78 Å². The van der Waals surface area contributed by atoms with Gasteiger partial charge < -0.3 is 18.6 Å². The minimum absolute atomic E-state index is 0.146. The van der Waals surface area contributed by atoms with E-state index in [1.165, 1.54) is 7.11 Å². The molecule has 1 heterocycles. The van der Waals surface area contributed by atoms with E-state index in [1.807, 2.05) is 54.6 Å². The summed E-state index contributed by atoms with van der Waals surface area (Å²) in [6.07, 6.45) is 0. The fourth-order valence-electron chi connectivity index (χ4n) is 3.21. The van der Waals surface area contributed by atoms with E-state index < -0.39 is 0 Å². The number of carbonyl (C=O) groups is 1. The topological polar surface area (TPSA) is 57.9 Å². The van der Waals surface area contributed by atoms with E-state index in [0.717, 1.165) is 16.9 Å². The molecule has 0 unspecified atom stereocenters. The largest absolute Gasteiger partial charge is 0.495 e. The van der Waals surface area contributed by atoms with E-state index >= 15 is 0 Å². The normalized spacial score (nSPS) is 10.8. The molecule has 0 spiro atoms. The number of hydrogen-bond acceptors (Lipinski definition) is 5. The second-order valence-corrected chi connectivity index (χ2v) is 7.95. The Morgan fingerprint density at radius 3 is 2.44 bits per heavy atom. The molecule has 0 bridgehead atoms. The molecule has 164 valence electrons. The van der Waals surface area contributed by atoms with Gasteiger partial charge in [0, 0.05) is 6.07 Å². The van der Waals surface area contributed by atoms with Crippen LogP contribution < -0.4 is 14.2 Å². The van der Waals surface area contributed by atoms with Crippen LogP contribution in [-0.2, 0) is 13.2 Å². The lowest BCUT2D eigenvalue weighted by atomic mass is 10.2. The molecule has 0 amide bonds. The number of ether oxygens (including phenoxy) is 3. The molecule has 0 fully saturated rings. The SMILES string of the molecule is COc1cc(OCc2cccc(OCc3ccccc3)c2)c2cc(C(=O)CBr)oc2c1Cl. The van der Waals surface area contributed by atoms with Gasteiger partial charge >= 0.3 is 0 Å². The highest BCUT2D eigenvalue weighted by molar-refractivity contribution is 9.09. The van der Waals surface area contributed by atoms with Crippen LogP contribution >= 0.6 is 27.5 Å². The van der Waals surface area contributed by atoms with Crippen molar-refractivity contribution in [2.75, 3.05) is 12.4 Å². The zero-order valence-electron chi connectivity index (χ0n) is 17.3. The van der Waals surface area contributed by atoms with E-state index in [0.29, 0.717) is 34.1 Å². The van der Waals surface area contributed by atoms with E-state index in [1.54, 1.807) is 12.1 Å². The molecule has 0 saturated heterocycles. The highest BCUT2D eigenvalue weighted by atomic mass is 79.9. The lowest BCUT2D eigenvalue weighted by Gasteiger charge is -2.12. The number of ketones is 1. The maximum atomic E-state index is 12.1. The van der Waals surface area contributed by atoms with E-state index in [2.05, 4.69) is 15.9 Å². The van der Waals surface area contributed by atoms with Crippen LogP contribution in [-0.4, -0.2) is 18.2 Å². The lowest BCUT2D eigenvalue weighted by Crippen LogP contribution is -1.99. The van der Waals surface area contributed by atoms with E-state index in [9.17, 15) is 4.79 Å². The van der Waals surface area contributed by atoms with Gasteiger partial charge in [0.05, 0.1) is 17.8 Å². The minimum Gasteiger partial charge on any atom is -0.495 e. The fraction of sp³-hybridized carbons (Fsp3) is 0.160. The monoisotopic (exact) mass is 514 g/mol. The van der Waals surface area contributed by atoms with Crippen molar-refractivity contribution in [1.29, 1.82) is 0 Å². The predicted molar refractivity (Wildman–Crippen MR) is 127 cm³/mol. The van der Waals surface area contributed by atoms with Crippen LogP contribution in [0.4, 0.5) is 0 Å². The molecular formula is C25H20BrClO5. The summed E-state index contributed by atoms with van der Waals surface area (Å²) in [5, 5.41) is 1.05. The van der Waals surface area contributed by atoms with Crippen molar-refractivity contribution in [1.82, 2.24) is 0 Å². The zero-order chi connectivity index (χ0) is 22.5. The van der Waals surface area contributed by atoms with E-state index in [4.69, 9.17) is 30.2 Å². The molecule has 5 nitrogen and oxygen atoms in total. The Hall–Kier alpha value is -2.96. The van der Waals surface area contributed by atoms with Crippen LogP contribution in [0.5, 0.6) is 17.2 Å². The summed E-state index contributed by atoms with van der Waals surface area (Å²) in [6.45, 7) is 0.773. The summed E-state index contributed by atoms with van der Waals surface area (Å²) >= 11 is 9.54. The Balaban J connectivity index is 1.54. The Morgan fingerprint density at radius 1 is 0.938 bits per heavy atom. The molecule has 7 heteroatoms. The van der Waals surface area contributed by atoms with Gasteiger partial charge in [-0.1, -0.05) is 70.0 Å². The summed E-state index contributed by atoms with van der Waals surface area (Å²) in [5.41, 5.74) is 2.38. The maximum absolute atomic E-state index is 12.1. The summed E-state index contributed by atoms with van der Waals surface area (Å²) in [5.74, 6) is 1.68. The summed E-state index contributed by atoms with van der Waals surface area (Å²) in [6, 6.07) is 21.0. The van der Waals surface area contributed by atoms with Crippen molar-refractivity contribution in [2.24, 2.45) is 0 Å². The molecule has 32 heavy (non-hydrogen) atoms. The van der Waals surface area contributed by atoms with Crippen LogP contribution in [0.15, 0.2) is 71.1 Å². The molecule has 0 aliphatic heterocycles. The second-order valence-electron chi connectivity index (χ2n) is 7.01. The number of halogens is 2. The van der Waals surface area contributed by atoms with Crippen molar-refractivity contribution < 1.29 is 23.4 Å². The smallest absolute Gasteiger partial charge is 0.208 e. The fourth-order valence-corrected chi connectivity index (χ4v) is 3.76. The third-order valence-corrected chi connectivity index (χ3v) is 5.70. The zero-order valence-corrected chi connectivity index (χ0v) is 19.6. The maximum Gasteiger partial charge on any atom is 0.208 e. The minimum atomic E-state index is -0.189. The first kappa shape index (κ1) is 22.2. The Morgan fingerprint density at radius 2 is 1.69 bits per heavy atom. The molecule has 0 aliphatic carbocycles. The summed E-state index contributed by atoms with van der Waals surface area (Å²) in [4.78, 5) is 12.1. The van der Waals surface area contributed by atoms with Gasteiger partial charge in [-0.3, -0.25) is 4.79 Å². The van der Waals surface area contributed by atoms with Crippen molar-refractivity contribution in [3.63, 3.8) is 0 Å². The number of furan rings is 1. The molecule has 4 aromatic rings. The van der Waals surface area contributed by atoms with Crippen LogP contribution in [0.2, 0.25) is 5.02 Å². The third-order valence-electron chi connectivity index (χ3n) is 4.83. The van der Waals surface area contributed by atoms with Gasteiger partial charge in [-0.15, -0.1) is 0 Å². The number of fused-ring (bicyclic) bond motifs is 1. The Labute approximate surface area is 199 Å². The molecule has 0 radical (unpaired) electrons. The summed E-state index contributed by atoms with van der Waals surface area (Å²) < 4.78 is 23.0. The Kier molecular flexibility index (Phi) is 7.02. The number of carbonyl (C=O) groups excluding carboxylic acids is 1. The third kappa shape index (κ3) is 4.92. The average molecular weight is 516 g/mol. The number of Topliss-reactive ketones (excluding diaryl/α,β-unsaturated/α-hetero) is 1. The van der Waals surface area contributed by atoms with Crippen molar-refractivity contribution in [2.45, 2.75) is 13.2 Å². The summed E-state index contributed by atoms with van der Waals surface area (Å²) in [7, 11) is 1.51. The van der Waals surface area contributed by atoms with E-state index in [-0.39, 0.29) is 23.5 Å². The molecule has 1 aromatic heterocycles. The molecule has 3 aromatic carbocycles. The number of benzene rings is 3. The highest BCUT2D eigenvalue weighted by Crippen LogP contribution is 2.41. The van der Waals surface area contributed by atoms with Gasteiger partial charge in [-0.25, -0.2) is 0 Å². The van der Waals surface area contributed by atoms with Gasteiger partial charge in [-0.05, 0) is 29.3 Å². The highest BCUT2D eigenvalue weighted by Gasteiger charge is 2.20. The molecule has 0 aliphatic rings. The van der Waals surface area contributed by atoms with Gasteiger partial charge in [0.25, 0.3) is 0 Å². The predicted octanol–water partition coefficient (Wildman–Crippen LogP) is 6.83. The first-order chi connectivity index (χ1) is 15.6. The van der Waals surface area contributed by atoms with Crippen molar-refractivity contribution in [3.05, 3.63) is 88.6 Å². The van der Waals surface area contributed by atoms with Gasteiger partial charge in [-0.2, -0.15) is 0 Å². The van der Waals surface area contributed by atoms with Crippen molar-refractivity contribution in [3.8, 4) is 17.2 Å². The average Bonchev–Trinajstić information content (AvgIpc) is 3.29. The van der Waals surface area contributed by atoms with Crippen LogP contribution in [0, 0.1) is 0 Å². The standard InChI is InChI=1S/C25H20BrClO5/c1-29-23-12-21(19-11-22(20(28)13-26)32-25(19)24(23)27)31-15-17-8-5-9-18(10-17)30-14-16-6-3-2-4-7-16/h2-12H,13-15H2,1H3. The first-order valence-corrected chi connectivity index (χ1v) is 11.4. The molecule has 0 atom stereocenters. The van der Waals surface area contributed by atoms with Gasteiger partial charge in [0.15, 0.2) is 11.3 Å². The number of methoxy groups -OCH3 is 1. The van der Waals surface area contributed by atoms with Gasteiger partial charge in [0.1, 0.15) is 35.5 Å². The van der Waals surface area contributed by atoms with Crippen molar-refractivity contribution >= 4 is 44.3 Å².